The molecular weight excluding hydrogens is 379 g/mol. The molecule has 0 saturated heterocycles. The number of aromatic nitrogens is 4. The summed E-state index contributed by atoms with van der Waals surface area (Å²) < 4.78 is 41.3. The fourth-order valence-corrected chi connectivity index (χ4v) is 2.88. The van der Waals surface area contributed by atoms with E-state index in [1.54, 1.807) is 0 Å². The third-order valence-electron chi connectivity index (χ3n) is 4.42. The smallest absolute Gasteiger partial charge is 0.435 e. The summed E-state index contributed by atoms with van der Waals surface area (Å²) in [6, 6.07) is 2.59. The first kappa shape index (κ1) is 19.9. The molecule has 1 aliphatic carbocycles. The summed E-state index contributed by atoms with van der Waals surface area (Å²) in [5.74, 6) is -1.28. The van der Waals surface area contributed by atoms with Gasteiger partial charge in [-0.2, -0.15) is 23.4 Å². The van der Waals surface area contributed by atoms with Crippen LogP contribution in [0, 0.1) is 0 Å². The molecule has 1 saturated carbocycles. The fourth-order valence-electron chi connectivity index (χ4n) is 2.88. The van der Waals surface area contributed by atoms with E-state index < -0.39 is 23.7 Å². The molecule has 1 amide bonds. The minimum atomic E-state index is -4.47. The van der Waals surface area contributed by atoms with Gasteiger partial charge in [-0.05, 0) is 31.4 Å². The van der Waals surface area contributed by atoms with Crippen molar-refractivity contribution in [2.24, 2.45) is 0 Å². The Kier molecular flexibility index (Phi) is 5.71. The lowest BCUT2D eigenvalue weighted by atomic mass is 10.2. The van der Waals surface area contributed by atoms with E-state index in [0.717, 1.165) is 18.9 Å². The number of alkyl halides is 3. The molecule has 0 atom stereocenters. The van der Waals surface area contributed by atoms with Gasteiger partial charge in [0.05, 0.1) is 13.0 Å². The molecule has 1 fully saturated rings. The average molecular weight is 399 g/mol. The number of aliphatic carboxylic acids is 1. The van der Waals surface area contributed by atoms with Gasteiger partial charge in [-0.15, -0.1) is 0 Å². The maximum absolute atomic E-state index is 12.9. The van der Waals surface area contributed by atoms with Crippen molar-refractivity contribution in [1.29, 1.82) is 0 Å². The maximum atomic E-state index is 12.9. The molecule has 3 rings (SSSR count). The molecule has 0 aromatic carbocycles. The van der Waals surface area contributed by atoms with Crippen molar-refractivity contribution in [3.8, 4) is 0 Å². The summed E-state index contributed by atoms with van der Waals surface area (Å²) in [5.41, 5.74) is -0.0652. The fraction of sp³-hybridized carbons (Fsp3) is 0.529. The van der Waals surface area contributed by atoms with Crippen LogP contribution in [-0.4, -0.2) is 43.1 Å². The summed E-state index contributed by atoms with van der Waals surface area (Å²) in [4.78, 5) is 22.9. The number of rotatable bonds is 9. The number of nitrogens with zero attached hydrogens (tertiary/aromatic N) is 4. The van der Waals surface area contributed by atoms with Gasteiger partial charge in [0.25, 0.3) is 5.91 Å². The van der Waals surface area contributed by atoms with Gasteiger partial charge < -0.3 is 10.4 Å². The Balaban J connectivity index is 1.52. The molecule has 8 nitrogen and oxygen atoms in total. The second-order valence-electron chi connectivity index (χ2n) is 6.64. The summed E-state index contributed by atoms with van der Waals surface area (Å²) >= 11 is 0. The second kappa shape index (κ2) is 8.03. The van der Waals surface area contributed by atoms with Gasteiger partial charge in [-0.1, -0.05) is 0 Å². The summed E-state index contributed by atoms with van der Waals surface area (Å²) in [6.45, 7) is 0.581. The van der Waals surface area contributed by atoms with Crippen molar-refractivity contribution in [3.63, 3.8) is 0 Å². The van der Waals surface area contributed by atoms with Crippen LogP contribution in [0.5, 0.6) is 0 Å². The van der Waals surface area contributed by atoms with E-state index in [0.29, 0.717) is 12.1 Å². The van der Waals surface area contributed by atoms with E-state index in [2.05, 4.69) is 15.5 Å². The first-order chi connectivity index (χ1) is 13.3. The minimum Gasteiger partial charge on any atom is -0.481 e. The number of carbonyl (C=O) groups excluding carboxylic acids is 1. The summed E-state index contributed by atoms with van der Waals surface area (Å²) in [7, 11) is 0. The SMILES string of the molecule is O=C(O)CCn1nccc1C(=O)NCCCn1nc(C(F)(F)F)cc1C1CC1. The lowest BCUT2D eigenvalue weighted by molar-refractivity contribution is -0.141. The Bertz CT molecular complexity index is 855. The van der Waals surface area contributed by atoms with Crippen molar-refractivity contribution in [2.45, 2.75) is 50.9 Å². The number of carbonyl (C=O) groups is 2. The highest BCUT2D eigenvalue weighted by atomic mass is 19.4. The lowest BCUT2D eigenvalue weighted by Gasteiger charge is -2.09. The molecular formula is C17H20F3N5O3. The van der Waals surface area contributed by atoms with Crippen molar-refractivity contribution in [2.75, 3.05) is 6.54 Å². The molecule has 0 aliphatic heterocycles. The largest absolute Gasteiger partial charge is 0.481 e. The van der Waals surface area contributed by atoms with Crippen molar-refractivity contribution in [3.05, 3.63) is 35.4 Å². The topological polar surface area (TPSA) is 102 Å². The van der Waals surface area contributed by atoms with E-state index in [1.807, 2.05) is 0 Å². The quantitative estimate of drug-likeness (QED) is 0.630. The molecule has 0 unspecified atom stereocenters. The number of carboxylic acids is 1. The van der Waals surface area contributed by atoms with Gasteiger partial charge in [0, 0.05) is 30.9 Å². The Morgan fingerprint density at radius 1 is 1.25 bits per heavy atom. The van der Waals surface area contributed by atoms with E-state index >= 15 is 0 Å². The number of nitrogens with one attached hydrogen (secondary N) is 1. The predicted molar refractivity (Wildman–Crippen MR) is 90.6 cm³/mol. The van der Waals surface area contributed by atoms with E-state index in [-0.39, 0.29) is 37.7 Å². The number of hydrogen-bond acceptors (Lipinski definition) is 4. The molecule has 2 N–H and O–H groups in total. The van der Waals surface area contributed by atoms with E-state index in [4.69, 9.17) is 5.11 Å². The van der Waals surface area contributed by atoms with Gasteiger partial charge in [-0.3, -0.25) is 19.0 Å². The highest BCUT2D eigenvalue weighted by molar-refractivity contribution is 5.92. The van der Waals surface area contributed by atoms with Gasteiger partial charge in [0.15, 0.2) is 5.69 Å². The molecule has 2 aromatic rings. The van der Waals surface area contributed by atoms with Crippen LogP contribution in [0.1, 0.15) is 53.5 Å². The van der Waals surface area contributed by atoms with Gasteiger partial charge in [0.1, 0.15) is 5.69 Å². The van der Waals surface area contributed by atoms with E-state index in [1.165, 1.54) is 21.6 Å². The zero-order chi connectivity index (χ0) is 20.3. The van der Waals surface area contributed by atoms with Crippen LogP contribution < -0.4 is 5.32 Å². The molecule has 11 heteroatoms. The molecule has 28 heavy (non-hydrogen) atoms. The number of amides is 1. The van der Waals surface area contributed by atoms with Crippen molar-refractivity contribution in [1.82, 2.24) is 24.9 Å². The first-order valence-corrected chi connectivity index (χ1v) is 8.92. The average Bonchev–Trinajstić information content (AvgIpc) is 3.18. The van der Waals surface area contributed by atoms with Crippen LogP contribution in [0.15, 0.2) is 18.3 Å². The predicted octanol–water partition coefficient (Wildman–Crippen LogP) is 2.27. The van der Waals surface area contributed by atoms with Crippen LogP contribution in [0.25, 0.3) is 0 Å². The van der Waals surface area contributed by atoms with Crippen LogP contribution in [0.4, 0.5) is 13.2 Å². The number of carboxylic acid groups (broad SMARTS) is 1. The van der Waals surface area contributed by atoms with Crippen LogP contribution in [0.3, 0.4) is 0 Å². The maximum Gasteiger partial charge on any atom is 0.435 e. The molecule has 152 valence electrons. The number of halogens is 3. The molecule has 1 aliphatic rings. The van der Waals surface area contributed by atoms with Gasteiger partial charge >= 0.3 is 12.1 Å². The molecule has 0 radical (unpaired) electrons. The van der Waals surface area contributed by atoms with Crippen molar-refractivity contribution < 1.29 is 27.9 Å². The second-order valence-corrected chi connectivity index (χ2v) is 6.64. The monoisotopic (exact) mass is 399 g/mol. The normalized spacial score (nSPS) is 14.2. The van der Waals surface area contributed by atoms with Gasteiger partial charge in [0.2, 0.25) is 0 Å². The van der Waals surface area contributed by atoms with Crippen LogP contribution >= 0.6 is 0 Å². The third-order valence-corrected chi connectivity index (χ3v) is 4.42. The van der Waals surface area contributed by atoms with Gasteiger partial charge in [-0.25, -0.2) is 0 Å². The highest BCUT2D eigenvalue weighted by Gasteiger charge is 2.37. The van der Waals surface area contributed by atoms with Crippen molar-refractivity contribution >= 4 is 11.9 Å². The third kappa shape index (κ3) is 4.90. The van der Waals surface area contributed by atoms with Crippen LogP contribution in [0.2, 0.25) is 0 Å². The van der Waals surface area contributed by atoms with Crippen LogP contribution in [-0.2, 0) is 24.1 Å². The summed E-state index contributed by atoms with van der Waals surface area (Å²) in [6.07, 6.45) is -1.10. The molecule has 2 aromatic heterocycles. The zero-order valence-electron chi connectivity index (χ0n) is 14.9. The number of aryl methyl sites for hydroxylation is 2. The minimum absolute atomic E-state index is 0.0728. The molecule has 0 spiro atoms. The Labute approximate surface area is 158 Å². The summed E-state index contributed by atoms with van der Waals surface area (Å²) in [5, 5.41) is 19.0. The Morgan fingerprint density at radius 2 is 2.00 bits per heavy atom. The zero-order valence-corrected chi connectivity index (χ0v) is 14.9. The lowest BCUT2D eigenvalue weighted by Crippen LogP contribution is -2.28. The standard InChI is InChI=1S/C17H20F3N5O3/c18-17(19,20)14-10-13(11-2-3-11)25(23-14)8-1-6-21-16(28)12-4-7-22-24(12)9-5-15(26)27/h4,7,10-11H,1-3,5-6,8-9H2,(H,21,28)(H,26,27). The Morgan fingerprint density at radius 3 is 2.64 bits per heavy atom. The first-order valence-electron chi connectivity index (χ1n) is 8.92. The number of hydrogen-bond donors (Lipinski definition) is 2. The molecule has 2 heterocycles. The Hall–Kier alpha value is -2.85. The molecule has 0 bridgehead atoms. The highest BCUT2D eigenvalue weighted by Crippen LogP contribution is 2.42. The van der Waals surface area contributed by atoms with E-state index in [9.17, 15) is 22.8 Å².